The van der Waals surface area contributed by atoms with Gasteiger partial charge in [0.25, 0.3) is 0 Å². The van der Waals surface area contributed by atoms with Crippen molar-refractivity contribution in [3.63, 3.8) is 0 Å². The van der Waals surface area contributed by atoms with Crippen LogP contribution < -0.4 is 4.90 Å². The molecule has 1 aromatic rings. The Labute approximate surface area is 149 Å². The van der Waals surface area contributed by atoms with Gasteiger partial charge in [-0.2, -0.15) is 0 Å². The molecule has 1 nitrogen and oxygen atoms in total. The monoisotopic (exact) mass is 325 g/mol. The zero-order chi connectivity index (χ0) is 18.3. The highest BCUT2D eigenvalue weighted by Crippen LogP contribution is 2.35. The molecule has 0 saturated carbocycles. The fourth-order valence-electron chi connectivity index (χ4n) is 3.50. The van der Waals surface area contributed by atoms with Gasteiger partial charge in [0.2, 0.25) is 0 Å². The number of anilines is 1. The van der Waals surface area contributed by atoms with E-state index in [9.17, 15) is 0 Å². The van der Waals surface area contributed by atoms with E-state index < -0.39 is 0 Å². The van der Waals surface area contributed by atoms with Crippen molar-refractivity contribution in [2.45, 2.75) is 73.3 Å². The molecule has 0 saturated heterocycles. The lowest BCUT2D eigenvalue weighted by molar-refractivity contribution is 0.506. The molecule has 1 atom stereocenters. The van der Waals surface area contributed by atoms with Crippen LogP contribution in [0.1, 0.15) is 66.0 Å². The van der Waals surface area contributed by atoms with Crippen molar-refractivity contribution in [2.75, 3.05) is 11.9 Å². The molecular weight excluding hydrogens is 290 g/mol. The highest BCUT2D eigenvalue weighted by atomic mass is 15.1. The van der Waals surface area contributed by atoms with Gasteiger partial charge in [0.15, 0.2) is 0 Å². The molecule has 1 aliphatic carbocycles. The molecule has 0 amide bonds. The Hall–Kier alpha value is -1.50. The van der Waals surface area contributed by atoms with E-state index in [-0.39, 0.29) is 10.8 Å². The first-order valence-electron chi connectivity index (χ1n) is 9.14. The number of allylic oxidation sites excluding steroid dienone is 2. The number of likely N-dealkylation sites (N-methyl/N-ethyl adjacent to an activating group) is 1. The third-order valence-corrected chi connectivity index (χ3v) is 5.25. The predicted molar refractivity (Wildman–Crippen MR) is 108 cm³/mol. The molecule has 1 aromatic carbocycles. The molecule has 1 heteroatoms. The van der Waals surface area contributed by atoms with E-state index in [1.54, 1.807) is 0 Å². The quantitative estimate of drug-likeness (QED) is 0.606. The molecule has 0 heterocycles. The maximum atomic E-state index is 2.45. The summed E-state index contributed by atoms with van der Waals surface area (Å²) >= 11 is 0. The average Bonchev–Trinajstić information content (AvgIpc) is 2.44. The van der Waals surface area contributed by atoms with Gasteiger partial charge in [-0.3, -0.25) is 0 Å². The number of benzene rings is 1. The molecule has 0 aliphatic heterocycles. The van der Waals surface area contributed by atoms with Crippen molar-refractivity contribution in [3.05, 3.63) is 52.6 Å². The minimum atomic E-state index is 0.201. The summed E-state index contributed by atoms with van der Waals surface area (Å²) in [5.41, 5.74) is 7.47. The molecule has 1 aliphatic rings. The van der Waals surface area contributed by atoms with E-state index in [1.807, 2.05) is 0 Å². The summed E-state index contributed by atoms with van der Waals surface area (Å²) in [5, 5.41) is 0. The average molecular weight is 326 g/mol. The van der Waals surface area contributed by atoms with E-state index in [0.29, 0.717) is 6.04 Å². The first-order chi connectivity index (χ1) is 10.9. The predicted octanol–water partition coefficient (Wildman–Crippen LogP) is 6.42. The van der Waals surface area contributed by atoms with E-state index in [2.05, 4.69) is 97.7 Å². The van der Waals surface area contributed by atoms with E-state index in [0.717, 1.165) is 6.42 Å². The van der Waals surface area contributed by atoms with E-state index >= 15 is 0 Å². The third-order valence-electron chi connectivity index (χ3n) is 5.25. The van der Waals surface area contributed by atoms with Gasteiger partial charge in [0.1, 0.15) is 0 Å². The van der Waals surface area contributed by atoms with Crippen LogP contribution in [0, 0.1) is 12.3 Å². The first-order valence-corrected chi connectivity index (χ1v) is 9.14. The Morgan fingerprint density at radius 1 is 0.958 bits per heavy atom. The molecule has 0 radical (unpaired) electrons. The van der Waals surface area contributed by atoms with Crippen molar-refractivity contribution in [1.82, 2.24) is 0 Å². The topological polar surface area (TPSA) is 3.24 Å². The number of nitrogens with zero attached hydrogens (tertiary/aromatic N) is 1. The zero-order valence-corrected chi connectivity index (χ0v) is 17.1. The van der Waals surface area contributed by atoms with E-state index in [1.165, 1.54) is 28.0 Å². The minimum Gasteiger partial charge on any atom is -0.367 e. The molecule has 132 valence electrons. The molecule has 0 aromatic heterocycles. The van der Waals surface area contributed by atoms with Crippen LogP contribution in [0.2, 0.25) is 0 Å². The highest BCUT2D eigenvalue weighted by molar-refractivity contribution is 5.57. The summed E-state index contributed by atoms with van der Waals surface area (Å²) in [6.07, 6.45) is 5.91. The zero-order valence-electron chi connectivity index (χ0n) is 17.1. The Bertz CT molecular complexity index is 662. The lowest BCUT2D eigenvalue weighted by Crippen LogP contribution is -2.34. The molecule has 0 bridgehead atoms. The molecular formula is C23H35N. The molecule has 0 spiro atoms. The second-order valence-electron chi connectivity index (χ2n) is 9.41. The lowest BCUT2D eigenvalue weighted by atomic mass is 9.80. The fraction of sp³-hybridized carbons (Fsp3) is 0.565. The summed E-state index contributed by atoms with van der Waals surface area (Å²) in [6, 6.07) is 7.39. The standard InChI is InChI=1S/C23H35N/c1-16-14-18(22(3,4)5)10-12-20(16)24(9)21-13-11-19(15-17(21)2)23(6,7)8/h10-12,14-15,21H,13H2,1-9H3. The van der Waals surface area contributed by atoms with Crippen molar-refractivity contribution >= 4 is 5.69 Å². The summed E-state index contributed by atoms with van der Waals surface area (Å²) in [6.45, 7) is 18.2. The molecule has 0 N–H and O–H groups in total. The Morgan fingerprint density at radius 2 is 1.58 bits per heavy atom. The lowest BCUT2D eigenvalue weighted by Gasteiger charge is -2.36. The van der Waals surface area contributed by atoms with Crippen LogP contribution in [-0.2, 0) is 5.41 Å². The van der Waals surface area contributed by atoms with Crippen LogP contribution in [0.25, 0.3) is 0 Å². The van der Waals surface area contributed by atoms with Crippen molar-refractivity contribution in [2.24, 2.45) is 5.41 Å². The van der Waals surface area contributed by atoms with Crippen molar-refractivity contribution in [1.29, 1.82) is 0 Å². The van der Waals surface area contributed by atoms with Gasteiger partial charge in [0, 0.05) is 12.7 Å². The van der Waals surface area contributed by atoms with Crippen LogP contribution in [0.5, 0.6) is 0 Å². The molecule has 0 fully saturated rings. The maximum Gasteiger partial charge on any atom is 0.0534 e. The number of rotatable bonds is 2. The number of hydrogen-bond acceptors (Lipinski definition) is 1. The minimum absolute atomic E-state index is 0.201. The van der Waals surface area contributed by atoms with Gasteiger partial charge in [-0.05, 0) is 53.9 Å². The van der Waals surface area contributed by atoms with Crippen LogP contribution in [0.3, 0.4) is 0 Å². The second kappa shape index (κ2) is 6.43. The van der Waals surface area contributed by atoms with Gasteiger partial charge in [-0.25, -0.2) is 0 Å². The maximum absolute atomic E-state index is 2.45. The smallest absolute Gasteiger partial charge is 0.0534 e. The van der Waals surface area contributed by atoms with Crippen LogP contribution in [0.15, 0.2) is 41.5 Å². The fourth-order valence-corrected chi connectivity index (χ4v) is 3.50. The van der Waals surface area contributed by atoms with Gasteiger partial charge >= 0.3 is 0 Å². The second-order valence-corrected chi connectivity index (χ2v) is 9.41. The normalized spacial score (nSPS) is 19.0. The third kappa shape index (κ3) is 3.94. The Balaban J connectivity index is 2.27. The summed E-state index contributed by atoms with van der Waals surface area (Å²) < 4.78 is 0. The first kappa shape index (κ1) is 18.8. The summed E-state index contributed by atoms with van der Waals surface area (Å²) in [4.78, 5) is 2.45. The molecule has 2 rings (SSSR count). The number of aryl methyl sites for hydroxylation is 1. The molecule has 24 heavy (non-hydrogen) atoms. The van der Waals surface area contributed by atoms with Crippen LogP contribution in [-0.4, -0.2) is 13.1 Å². The Kier molecular flexibility index (Phi) is 5.04. The van der Waals surface area contributed by atoms with Gasteiger partial charge < -0.3 is 4.90 Å². The highest BCUT2D eigenvalue weighted by Gasteiger charge is 2.25. The summed E-state index contributed by atoms with van der Waals surface area (Å²) in [7, 11) is 2.23. The Morgan fingerprint density at radius 3 is 2.04 bits per heavy atom. The number of hydrogen-bond donors (Lipinski definition) is 0. The van der Waals surface area contributed by atoms with Gasteiger partial charge in [-0.15, -0.1) is 0 Å². The van der Waals surface area contributed by atoms with Crippen LogP contribution in [0.4, 0.5) is 5.69 Å². The van der Waals surface area contributed by atoms with Gasteiger partial charge in [0.05, 0.1) is 6.04 Å². The van der Waals surface area contributed by atoms with Crippen LogP contribution >= 0.6 is 0 Å². The molecule has 1 unspecified atom stereocenters. The summed E-state index contributed by atoms with van der Waals surface area (Å²) in [5.74, 6) is 0. The largest absolute Gasteiger partial charge is 0.367 e. The SMILES string of the molecule is CC1=CC(C(C)(C)C)=CCC1N(C)c1ccc(C(C)(C)C)cc1C. The van der Waals surface area contributed by atoms with Gasteiger partial charge in [-0.1, -0.05) is 71.4 Å². The van der Waals surface area contributed by atoms with Crippen molar-refractivity contribution < 1.29 is 0 Å². The van der Waals surface area contributed by atoms with Crippen molar-refractivity contribution in [3.8, 4) is 0 Å². The van der Waals surface area contributed by atoms with E-state index in [4.69, 9.17) is 0 Å².